The molecule has 0 aliphatic heterocycles. The van der Waals surface area contributed by atoms with Crippen molar-refractivity contribution in [3.8, 4) is 0 Å². The van der Waals surface area contributed by atoms with Gasteiger partial charge >= 0.3 is 11.1 Å². The highest BCUT2D eigenvalue weighted by atomic mass is 32.1. The van der Waals surface area contributed by atoms with E-state index in [0.717, 1.165) is 24.2 Å². The fourth-order valence-corrected chi connectivity index (χ4v) is 1.71. The van der Waals surface area contributed by atoms with Crippen LogP contribution in [0.5, 0.6) is 0 Å². The maximum Gasteiger partial charge on any atom is 0.433 e. The van der Waals surface area contributed by atoms with E-state index >= 15 is 0 Å². The summed E-state index contributed by atoms with van der Waals surface area (Å²) in [5.41, 5.74) is 0.521. The first-order chi connectivity index (χ1) is 8.63. The first-order valence-corrected chi connectivity index (χ1v) is 6.22. The van der Waals surface area contributed by atoms with Gasteiger partial charge in [-0.15, -0.1) is 0 Å². The largest absolute Gasteiger partial charge is 0.433 e. The molecule has 1 aromatic rings. The highest BCUT2D eigenvalue weighted by molar-refractivity contribution is 7.13. The average Bonchev–Trinajstić information content (AvgIpc) is 2.78. The molecule has 1 heterocycles. The number of oxime groups is 1. The summed E-state index contributed by atoms with van der Waals surface area (Å²) in [6.45, 7) is 2.55. The molecule has 0 unspecified atom stereocenters. The zero-order valence-corrected chi connectivity index (χ0v) is 10.6. The van der Waals surface area contributed by atoms with Crippen molar-refractivity contribution in [2.75, 3.05) is 6.54 Å². The van der Waals surface area contributed by atoms with Crippen LogP contribution in [0, 0.1) is 10.1 Å². The van der Waals surface area contributed by atoms with E-state index in [-0.39, 0.29) is 5.00 Å². The minimum Gasteiger partial charge on any atom is -0.320 e. The number of nitrogens with zero attached hydrogens (tertiary/aromatic N) is 2. The first kappa shape index (κ1) is 14.1. The van der Waals surface area contributed by atoms with Crippen molar-refractivity contribution < 1.29 is 14.6 Å². The molecule has 1 aromatic heterocycles. The lowest BCUT2D eigenvalue weighted by molar-refractivity contribution is -0.380. The standard InChI is InChI=1S/C10H13N3O4S/c1-2-3-4-11-10(14)17-12-6-8-5-9(13(15)16)18-7-8/h5-7H,2-4H2,1H3,(H,11,14). The van der Waals surface area contributed by atoms with Gasteiger partial charge < -0.3 is 5.32 Å². The van der Waals surface area contributed by atoms with E-state index in [1.165, 1.54) is 12.3 Å². The van der Waals surface area contributed by atoms with Crippen LogP contribution in [0.4, 0.5) is 9.80 Å². The van der Waals surface area contributed by atoms with E-state index < -0.39 is 11.0 Å². The van der Waals surface area contributed by atoms with Crippen LogP contribution in [0.25, 0.3) is 0 Å². The summed E-state index contributed by atoms with van der Waals surface area (Å²) in [4.78, 5) is 25.5. The van der Waals surface area contributed by atoms with Gasteiger partial charge in [0.2, 0.25) is 0 Å². The third kappa shape index (κ3) is 4.91. The Morgan fingerprint density at radius 3 is 3.11 bits per heavy atom. The molecule has 0 aromatic carbocycles. The van der Waals surface area contributed by atoms with Crippen LogP contribution in [0.2, 0.25) is 0 Å². The summed E-state index contributed by atoms with van der Waals surface area (Å²) in [5.74, 6) is 0. The number of thiophene rings is 1. The van der Waals surface area contributed by atoms with Crippen molar-refractivity contribution in [3.05, 3.63) is 27.1 Å². The molecule has 98 valence electrons. The van der Waals surface area contributed by atoms with Crippen molar-refractivity contribution in [3.63, 3.8) is 0 Å². The van der Waals surface area contributed by atoms with Crippen LogP contribution < -0.4 is 5.32 Å². The number of hydrogen-bond acceptors (Lipinski definition) is 6. The van der Waals surface area contributed by atoms with Crippen molar-refractivity contribution >= 4 is 28.6 Å². The number of amides is 1. The number of carbonyl (C=O) groups is 1. The summed E-state index contributed by atoms with van der Waals surface area (Å²) in [6, 6.07) is 1.35. The summed E-state index contributed by atoms with van der Waals surface area (Å²) < 4.78 is 0. The lowest BCUT2D eigenvalue weighted by Gasteiger charge is -1.99. The molecule has 18 heavy (non-hydrogen) atoms. The Hall–Kier alpha value is -1.96. The van der Waals surface area contributed by atoms with Gasteiger partial charge in [-0.25, -0.2) is 4.79 Å². The summed E-state index contributed by atoms with van der Waals surface area (Å²) >= 11 is 0.987. The van der Waals surface area contributed by atoms with Gasteiger partial charge in [-0.3, -0.25) is 15.0 Å². The Labute approximate surface area is 108 Å². The zero-order chi connectivity index (χ0) is 13.4. The van der Waals surface area contributed by atoms with Gasteiger partial charge in [0.25, 0.3) is 0 Å². The molecule has 0 spiro atoms. The lowest BCUT2D eigenvalue weighted by atomic mass is 10.3. The van der Waals surface area contributed by atoms with E-state index in [9.17, 15) is 14.9 Å². The Balaban J connectivity index is 2.35. The second kappa shape index (κ2) is 7.38. The highest BCUT2D eigenvalue weighted by Gasteiger charge is 2.08. The molecule has 1 amide bonds. The van der Waals surface area contributed by atoms with Crippen molar-refractivity contribution in [2.45, 2.75) is 19.8 Å². The second-order valence-corrected chi connectivity index (χ2v) is 4.26. The Morgan fingerprint density at radius 2 is 2.50 bits per heavy atom. The molecule has 7 nitrogen and oxygen atoms in total. The molecule has 1 N–H and O–H groups in total. The predicted molar refractivity (Wildman–Crippen MR) is 68.0 cm³/mol. The monoisotopic (exact) mass is 271 g/mol. The maximum atomic E-state index is 11.1. The second-order valence-electron chi connectivity index (χ2n) is 3.37. The molecule has 0 saturated heterocycles. The lowest BCUT2D eigenvalue weighted by Crippen LogP contribution is -2.23. The van der Waals surface area contributed by atoms with Crippen molar-refractivity contribution in [2.24, 2.45) is 5.16 Å². The maximum absolute atomic E-state index is 11.1. The van der Waals surface area contributed by atoms with E-state index in [4.69, 9.17) is 0 Å². The molecule has 0 aliphatic carbocycles. The van der Waals surface area contributed by atoms with Crippen molar-refractivity contribution in [1.29, 1.82) is 0 Å². The molecule has 0 atom stereocenters. The van der Waals surface area contributed by atoms with Gasteiger partial charge in [0.1, 0.15) is 0 Å². The van der Waals surface area contributed by atoms with Gasteiger partial charge in [-0.2, -0.15) is 0 Å². The molecule has 0 fully saturated rings. The normalized spacial score (nSPS) is 10.5. The average molecular weight is 271 g/mol. The fraction of sp³-hybridized carbons (Fsp3) is 0.400. The number of rotatable bonds is 6. The summed E-state index contributed by atoms with van der Waals surface area (Å²) in [6.07, 6.45) is 2.46. The van der Waals surface area contributed by atoms with Gasteiger partial charge in [0.05, 0.1) is 11.1 Å². The molecule has 0 bridgehead atoms. The van der Waals surface area contributed by atoms with Crippen molar-refractivity contribution in [1.82, 2.24) is 5.32 Å². The molecule has 0 saturated carbocycles. The Kier molecular flexibility index (Phi) is 5.78. The smallest absolute Gasteiger partial charge is 0.320 e. The number of nitro groups is 1. The van der Waals surface area contributed by atoms with Crippen LogP contribution in [0.15, 0.2) is 16.6 Å². The van der Waals surface area contributed by atoms with E-state index in [1.54, 1.807) is 5.38 Å². The molecule has 8 heteroatoms. The third-order valence-corrected chi connectivity index (χ3v) is 2.82. The zero-order valence-electron chi connectivity index (χ0n) is 9.79. The summed E-state index contributed by atoms with van der Waals surface area (Å²) in [5, 5.41) is 17.9. The number of hydrogen-bond donors (Lipinski definition) is 1. The number of carbonyl (C=O) groups excluding carboxylic acids is 1. The first-order valence-electron chi connectivity index (χ1n) is 5.34. The van der Waals surface area contributed by atoms with Crippen LogP contribution in [-0.4, -0.2) is 23.8 Å². The number of nitrogens with one attached hydrogen (secondary N) is 1. The molecular weight excluding hydrogens is 258 g/mol. The van der Waals surface area contributed by atoms with E-state index in [0.29, 0.717) is 12.1 Å². The topological polar surface area (TPSA) is 93.8 Å². The van der Waals surface area contributed by atoms with Gasteiger partial charge in [0, 0.05) is 23.6 Å². The van der Waals surface area contributed by atoms with Gasteiger partial charge in [-0.1, -0.05) is 29.8 Å². The van der Waals surface area contributed by atoms with Crippen LogP contribution in [0.3, 0.4) is 0 Å². The highest BCUT2D eigenvalue weighted by Crippen LogP contribution is 2.21. The summed E-state index contributed by atoms with van der Waals surface area (Å²) in [7, 11) is 0. The fourth-order valence-electron chi connectivity index (χ4n) is 1.04. The van der Waals surface area contributed by atoms with Crippen LogP contribution in [-0.2, 0) is 4.84 Å². The van der Waals surface area contributed by atoms with Gasteiger partial charge in [-0.05, 0) is 6.42 Å². The minimum atomic E-state index is -0.635. The molecule has 0 radical (unpaired) electrons. The molecular formula is C10H13N3O4S. The quantitative estimate of drug-likeness (QED) is 0.283. The molecule has 1 rings (SSSR count). The Morgan fingerprint density at radius 1 is 1.72 bits per heavy atom. The predicted octanol–water partition coefficient (Wildman–Crippen LogP) is 2.52. The van der Waals surface area contributed by atoms with Crippen LogP contribution >= 0.6 is 11.3 Å². The van der Waals surface area contributed by atoms with Crippen LogP contribution in [0.1, 0.15) is 25.3 Å². The number of unbranched alkanes of at least 4 members (excludes halogenated alkanes) is 1. The van der Waals surface area contributed by atoms with E-state index in [1.807, 2.05) is 6.92 Å². The molecule has 0 aliphatic rings. The minimum absolute atomic E-state index is 0.0175. The SMILES string of the molecule is CCCCNC(=O)ON=Cc1csc([N+](=O)[O-])c1. The van der Waals surface area contributed by atoms with Gasteiger partial charge in [0.15, 0.2) is 0 Å². The van der Waals surface area contributed by atoms with E-state index in [2.05, 4.69) is 15.3 Å². The Bertz CT molecular complexity index is 444. The third-order valence-electron chi connectivity index (χ3n) is 1.92.